The molecule has 0 radical (unpaired) electrons. The number of nitrogens with zero attached hydrogens (tertiary/aromatic N) is 2. The molecule has 3 nitrogen and oxygen atoms in total. The van der Waals surface area contributed by atoms with Crippen LogP contribution in [0.15, 0.2) is 47.2 Å². The summed E-state index contributed by atoms with van der Waals surface area (Å²) in [6, 6.07) is 14.0. The SMILES string of the molecule is CCOc1ccc(-c2csc(/C(C#N)=C\c3cccs3)n2)cc1. The molecule has 0 saturated heterocycles. The second-order valence-electron chi connectivity index (χ2n) is 4.68. The Kier molecular flexibility index (Phi) is 4.86. The molecule has 23 heavy (non-hydrogen) atoms. The first-order valence-electron chi connectivity index (χ1n) is 7.14. The molecule has 0 bridgehead atoms. The topological polar surface area (TPSA) is 45.9 Å². The Balaban J connectivity index is 1.86. The van der Waals surface area contributed by atoms with E-state index in [0.29, 0.717) is 12.2 Å². The normalized spacial score (nSPS) is 11.2. The fraction of sp³-hybridized carbons (Fsp3) is 0.111. The van der Waals surface area contributed by atoms with Gasteiger partial charge in [0.2, 0.25) is 0 Å². The molecule has 5 heteroatoms. The number of nitriles is 1. The van der Waals surface area contributed by atoms with Crippen LogP contribution in [-0.4, -0.2) is 11.6 Å². The standard InChI is InChI=1S/C18H14N2OS2/c1-2-21-15-7-5-13(6-8-15)17-12-23-18(20-17)14(11-19)10-16-4-3-9-22-16/h3-10,12H,2H2,1H3/b14-10-. The highest BCUT2D eigenvalue weighted by molar-refractivity contribution is 7.12. The van der Waals surface area contributed by atoms with E-state index in [1.807, 2.05) is 60.2 Å². The quantitative estimate of drug-likeness (QED) is 0.590. The maximum absolute atomic E-state index is 9.39. The summed E-state index contributed by atoms with van der Waals surface area (Å²) in [5.74, 6) is 0.849. The zero-order valence-corrected chi connectivity index (χ0v) is 14.2. The van der Waals surface area contributed by atoms with Gasteiger partial charge in [-0.2, -0.15) is 5.26 Å². The Morgan fingerprint density at radius 1 is 1.26 bits per heavy atom. The lowest BCUT2D eigenvalue weighted by Crippen LogP contribution is -1.90. The number of ether oxygens (including phenoxy) is 1. The van der Waals surface area contributed by atoms with Gasteiger partial charge in [0.1, 0.15) is 16.8 Å². The molecule has 3 aromatic rings. The molecule has 2 aromatic heterocycles. The number of rotatable bonds is 5. The van der Waals surface area contributed by atoms with Gasteiger partial charge in [-0.3, -0.25) is 0 Å². The van der Waals surface area contributed by atoms with Crippen LogP contribution >= 0.6 is 22.7 Å². The molecule has 0 N–H and O–H groups in total. The predicted octanol–water partition coefficient (Wildman–Crippen LogP) is 5.33. The van der Waals surface area contributed by atoms with Crippen LogP contribution in [0.2, 0.25) is 0 Å². The third-order valence-corrected chi connectivity index (χ3v) is 4.84. The van der Waals surface area contributed by atoms with Crippen molar-refractivity contribution in [1.82, 2.24) is 4.98 Å². The van der Waals surface area contributed by atoms with Crippen LogP contribution in [0.25, 0.3) is 22.9 Å². The largest absolute Gasteiger partial charge is 0.494 e. The summed E-state index contributed by atoms with van der Waals surface area (Å²) in [5, 5.41) is 14.1. The lowest BCUT2D eigenvalue weighted by Gasteiger charge is -2.03. The highest BCUT2D eigenvalue weighted by Crippen LogP contribution is 2.28. The molecule has 0 spiro atoms. The summed E-state index contributed by atoms with van der Waals surface area (Å²) >= 11 is 3.09. The van der Waals surface area contributed by atoms with Gasteiger partial charge in [-0.15, -0.1) is 22.7 Å². The van der Waals surface area contributed by atoms with Gasteiger partial charge in [0.25, 0.3) is 0 Å². The number of hydrogen-bond acceptors (Lipinski definition) is 5. The Morgan fingerprint density at radius 2 is 2.09 bits per heavy atom. The Morgan fingerprint density at radius 3 is 2.74 bits per heavy atom. The van der Waals surface area contributed by atoms with Gasteiger partial charge in [0.15, 0.2) is 0 Å². The van der Waals surface area contributed by atoms with E-state index in [2.05, 4.69) is 11.1 Å². The summed E-state index contributed by atoms with van der Waals surface area (Å²) in [6.07, 6.45) is 1.88. The van der Waals surface area contributed by atoms with Crippen LogP contribution in [0.1, 0.15) is 16.8 Å². The molecule has 0 amide bonds. The molecule has 1 aromatic carbocycles. The summed E-state index contributed by atoms with van der Waals surface area (Å²) < 4.78 is 5.45. The maximum atomic E-state index is 9.39. The number of thiazole rings is 1. The van der Waals surface area contributed by atoms with Crippen LogP contribution in [0.4, 0.5) is 0 Å². The number of allylic oxidation sites excluding steroid dienone is 1. The Bertz CT molecular complexity index is 840. The fourth-order valence-electron chi connectivity index (χ4n) is 2.08. The first-order valence-corrected chi connectivity index (χ1v) is 8.90. The molecule has 2 heterocycles. The Labute approximate surface area is 143 Å². The summed E-state index contributed by atoms with van der Waals surface area (Å²) in [5.41, 5.74) is 2.49. The van der Waals surface area contributed by atoms with Crippen LogP contribution in [0.5, 0.6) is 5.75 Å². The monoisotopic (exact) mass is 338 g/mol. The van der Waals surface area contributed by atoms with Crippen molar-refractivity contribution in [2.75, 3.05) is 6.61 Å². The Hall–Kier alpha value is -2.42. The van der Waals surface area contributed by atoms with E-state index in [0.717, 1.165) is 26.9 Å². The second-order valence-corrected chi connectivity index (χ2v) is 6.52. The van der Waals surface area contributed by atoms with Gasteiger partial charge >= 0.3 is 0 Å². The minimum absolute atomic E-state index is 0.592. The molecule has 0 unspecified atom stereocenters. The van der Waals surface area contributed by atoms with Crippen molar-refractivity contribution in [2.24, 2.45) is 0 Å². The van der Waals surface area contributed by atoms with E-state index in [-0.39, 0.29) is 0 Å². The number of benzene rings is 1. The van der Waals surface area contributed by atoms with Crippen molar-refractivity contribution in [3.05, 3.63) is 57.0 Å². The fourth-order valence-corrected chi connectivity index (χ4v) is 3.53. The minimum atomic E-state index is 0.592. The summed E-state index contributed by atoms with van der Waals surface area (Å²) in [4.78, 5) is 5.65. The lowest BCUT2D eigenvalue weighted by molar-refractivity contribution is 0.340. The molecule has 0 atom stereocenters. The van der Waals surface area contributed by atoms with Gasteiger partial charge in [0, 0.05) is 15.8 Å². The zero-order valence-electron chi connectivity index (χ0n) is 12.5. The molecule has 3 rings (SSSR count). The van der Waals surface area contributed by atoms with E-state index in [1.165, 1.54) is 11.3 Å². The van der Waals surface area contributed by atoms with Gasteiger partial charge in [-0.1, -0.05) is 6.07 Å². The molecular weight excluding hydrogens is 324 g/mol. The maximum Gasteiger partial charge on any atom is 0.134 e. The number of thiophene rings is 1. The van der Waals surface area contributed by atoms with Crippen LogP contribution < -0.4 is 4.74 Å². The van der Waals surface area contributed by atoms with E-state index in [1.54, 1.807) is 11.3 Å². The highest BCUT2D eigenvalue weighted by atomic mass is 32.1. The predicted molar refractivity (Wildman–Crippen MR) is 96.5 cm³/mol. The van der Waals surface area contributed by atoms with Crippen LogP contribution in [-0.2, 0) is 0 Å². The zero-order chi connectivity index (χ0) is 16.1. The van der Waals surface area contributed by atoms with Crippen LogP contribution in [0.3, 0.4) is 0 Å². The number of aromatic nitrogens is 1. The average Bonchev–Trinajstić information content (AvgIpc) is 3.25. The minimum Gasteiger partial charge on any atom is -0.494 e. The van der Waals surface area contributed by atoms with Crippen molar-refractivity contribution in [1.29, 1.82) is 5.26 Å². The first-order chi connectivity index (χ1) is 11.3. The average molecular weight is 338 g/mol. The first kappa shape index (κ1) is 15.5. The number of hydrogen-bond donors (Lipinski definition) is 0. The summed E-state index contributed by atoms with van der Waals surface area (Å²) in [7, 11) is 0. The summed E-state index contributed by atoms with van der Waals surface area (Å²) in [6.45, 7) is 2.61. The van der Waals surface area contributed by atoms with Crippen molar-refractivity contribution in [2.45, 2.75) is 6.92 Å². The smallest absolute Gasteiger partial charge is 0.134 e. The lowest BCUT2D eigenvalue weighted by atomic mass is 10.1. The molecule has 0 fully saturated rings. The van der Waals surface area contributed by atoms with Crippen LogP contribution in [0, 0.1) is 11.3 Å². The molecule has 114 valence electrons. The van der Waals surface area contributed by atoms with E-state index in [9.17, 15) is 5.26 Å². The van der Waals surface area contributed by atoms with Crippen molar-refractivity contribution in [3.63, 3.8) is 0 Å². The molecular formula is C18H14N2OS2. The van der Waals surface area contributed by atoms with Gasteiger partial charge in [-0.05, 0) is 48.7 Å². The van der Waals surface area contributed by atoms with E-state index < -0.39 is 0 Å². The molecule has 0 aliphatic rings. The van der Waals surface area contributed by atoms with E-state index in [4.69, 9.17) is 4.74 Å². The van der Waals surface area contributed by atoms with E-state index >= 15 is 0 Å². The third-order valence-electron chi connectivity index (χ3n) is 3.15. The third kappa shape index (κ3) is 3.67. The van der Waals surface area contributed by atoms with Crippen molar-refractivity contribution in [3.8, 4) is 23.1 Å². The highest BCUT2D eigenvalue weighted by Gasteiger charge is 2.09. The molecule has 0 aliphatic carbocycles. The van der Waals surface area contributed by atoms with Crippen molar-refractivity contribution >= 4 is 34.3 Å². The molecule has 0 saturated carbocycles. The van der Waals surface area contributed by atoms with Crippen molar-refractivity contribution < 1.29 is 4.74 Å². The van der Waals surface area contributed by atoms with Gasteiger partial charge in [0.05, 0.1) is 17.9 Å². The second kappa shape index (κ2) is 7.23. The van der Waals surface area contributed by atoms with Gasteiger partial charge in [-0.25, -0.2) is 4.98 Å². The van der Waals surface area contributed by atoms with Gasteiger partial charge < -0.3 is 4.74 Å². The molecule has 0 aliphatic heterocycles.